The molecule has 2 rings (SSSR count). The van der Waals surface area contributed by atoms with E-state index in [1.807, 2.05) is 36.4 Å². The lowest BCUT2D eigenvalue weighted by atomic mass is 9.92. The number of methoxy groups -OCH3 is 1. The highest BCUT2D eigenvalue weighted by Crippen LogP contribution is 2.24. The molecule has 0 heterocycles. The van der Waals surface area contributed by atoms with Crippen molar-refractivity contribution in [3.05, 3.63) is 42.0 Å². The Balaban J connectivity index is 2.04. The first-order valence-corrected chi connectivity index (χ1v) is 9.83. The molecule has 3 nitrogen and oxygen atoms in total. The van der Waals surface area contributed by atoms with Gasteiger partial charge in [-0.1, -0.05) is 38.5 Å². The summed E-state index contributed by atoms with van der Waals surface area (Å²) in [5.74, 6) is 1.54. The predicted molar refractivity (Wildman–Crippen MR) is 110 cm³/mol. The number of hydrogen-bond acceptors (Lipinski definition) is 3. The fourth-order valence-electron chi connectivity index (χ4n) is 3.48. The molecule has 0 amide bonds. The Labute approximate surface area is 158 Å². The molecule has 0 fully saturated rings. The molecule has 2 aromatic carbocycles. The van der Waals surface area contributed by atoms with Gasteiger partial charge in [0, 0.05) is 18.0 Å². The summed E-state index contributed by atoms with van der Waals surface area (Å²) in [5, 5.41) is 2.19. The van der Waals surface area contributed by atoms with Crippen LogP contribution >= 0.6 is 0 Å². The van der Waals surface area contributed by atoms with Crippen LogP contribution in [-0.2, 0) is 0 Å². The molecule has 142 valence electrons. The second kappa shape index (κ2) is 9.72. The minimum absolute atomic E-state index is 0.252. The van der Waals surface area contributed by atoms with E-state index in [1.165, 1.54) is 0 Å². The molecular formula is C23H33NO2. The van der Waals surface area contributed by atoms with Gasteiger partial charge in [0.15, 0.2) is 5.78 Å². The predicted octanol–water partition coefficient (Wildman–Crippen LogP) is 5.57. The summed E-state index contributed by atoms with van der Waals surface area (Å²) in [6, 6.07) is 12.5. The molecule has 0 radical (unpaired) electrons. The molecular weight excluding hydrogens is 322 g/mol. The summed E-state index contributed by atoms with van der Waals surface area (Å²) in [4.78, 5) is 15.3. The zero-order valence-electron chi connectivity index (χ0n) is 16.9. The fourth-order valence-corrected chi connectivity index (χ4v) is 3.48. The van der Waals surface area contributed by atoms with E-state index in [9.17, 15) is 4.79 Å². The van der Waals surface area contributed by atoms with Crippen molar-refractivity contribution in [1.82, 2.24) is 4.90 Å². The van der Waals surface area contributed by atoms with Crippen molar-refractivity contribution in [3.63, 3.8) is 0 Å². The molecule has 0 aromatic heterocycles. The van der Waals surface area contributed by atoms with E-state index in [1.54, 1.807) is 7.11 Å². The third-order valence-electron chi connectivity index (χ3n) is 5.38. The van der Waals surface area contributed by atoms with Gasteiger partial charge < -0.3 is 9.64 Å². The van der Waals surface area contributed by atoms with Crippen molar-refractivity contribution in [2.45, 2.75) is 53.0 Å². The summed E-state index contributed by atoms with van der Waals surface area (Å²) in [6.07, 6.45) is 2.76. The van der Waals surface area contributed by atoms with Crippen molar-refractivity contribution < 1.29 is 9.53 Å². The monoisotopic (exact) mass is 355 g/mol. The third kappa shape index (κ3) is 5.31. The zero-order chi connectivity index (χ0) is 19.1. The largest absolute Gasteiger partial charge is 0.497 e. The summed E-state index contributed by atoms with van der Waals surface area (Å²) in [6.45, 7) is 11.0. The van der Waals surface area contributed by atoms with Gasteiger partial charge in [-0.2, -0.15) is 0 Å². The van der Waals surface area contributed by atoms with E-state index in [2.05, 4.69) is 32.6 Å². The zero-order valence-corrected chi connectivity index (χ0v) is 16.9. The van der Waals surface area contributed by atoms with Crippen LogP contribution in [0.5, 0.6) is 5.75 Å². The minimum Gasteiger partial charge on any atom is -0.497 e. The second-order valence-corrected chi connectivity index (χ2v) is 7.34. The van der Waals surface area contributed by atoms with Crippen LogP contribution in [0.2, 0.25) is 0 Å². The minimum atomic E-state index is 0.252. The molecule has 26 heavy (non-hydrogen) atoms. The van der Waals surface area contributed by atoms with Crippen LogP contribution in [0.4, 0.5) is 0 Å². The van der Waals surface area contributed by atoms with Gasteiger partial charge in [-0.15, -0.1) is 0 Å². The highest BCUT2D eigenvalue weighted by Gasteiger charge is 2.16. The maximum atomic E-state index is 12.8. The smallest absolute Gasteiger partial charge is 0.163 e. The quantitative estimate of drug-likeness (QED) is 0.522. The van der Waals surface area contributed by atoms with Crippen LogP contribution < -0.4 is 4.74 Å². The number of Topliss-reactive ketones (excluding diaryl/α,β-unsaturated/α-hetero) is 1. The Hall–Kier alpha value is -1.87. The summed E-state index contributed by atoms with van der Waals surface area (Å²) in [7, 11) is 1.67. The SMILES string of the molecule is CCC(CCN(CC)C(C)C)CC(=O)c1ccc2cc(OC)ccc2c1. The van der Waals surface area contributed by atoms with E-state index in [0.717, 1.165) is 48.0 Å². The van der Waals surface area contributed by atoms with Crippen LogP contribution in [0.25, 0.3) is 10.8 Å². The topological polar surface area (TPSA) is 29.5 Å². The lowest BCUT2D eigenvalue weighted by molar-refractivity contribution is 0.0952. The van der Waals surface area contributed by atoms with Crippen molar-refractivity contribution in [3.8, 4) is 5.75 Å². The molecule has 0 saturated heterocycles. The van der Waals surface area contributed by atoms with Crippen molar-refractivity contribution in [2.24, 2.45) is 5.92 Å². The van der Waals surface area contributed by atoms with E-state index in [-0.39, 0.29) is 5.78 Å². The molecule has 0 aliphatic rings. The van der Waals surface area contributed by atoms with E-state index < -0.39 is 0 Å². The number of fused-ring (bicyclic) bond motifs is 1. The lowest BCUT2D eigenvalue weighted by Gasteiger charge is -2.26. The van der Waals surface area contributed by atoms with Crippen LogP contribution in [0.3, 0.4) is 0 Å². The maximum Gasteiger partial charge on any atom is 0.163 e. The first-order valence-electron chi connectivity index (χ1n) is 9.83. The Bertz CT molecular complexity index is 723. The number of rotatable bonds is 10. The summed E-state index contributed by atoms with van der Waals surface area (Å²) < 4.78 is 5.27. The van der Waals surface area contributed by atoms with Gasteiger partial charge in [0.2, 0.25) is 0 Å². The Morgan fingerprint density at radius 3 is 2.38 bits per heavy atom. The molecule has 0 bridgehead atoms. The number of ketones is 1. The molecule has 0 spiro atoms. The summed E-state index contributed by atoms with van der Waals surface area (Å²) in [5.41, 5.74) is 0.817. The number of benzene rings is 2. The second-order valence-electron chi connectivity index (χ2n) is 7.34. The summed E-state index contributed by atoms with van der Waals surface area (Å²) >= 11 is 0. The van der Waals surface area contributed by atoms with Gasteiger partial charge in [-0.3, -0.25) is 4.79 Å². The first kappa shape index (κ1) is 20.4. The molecule has 0 aliphatic carbocycles. The Kier molecular flexibility index (Phi) is 7.65. The lowest BCUT2D eigenvalue weighted by Crippen LogP contribution is -2.32. The molecule has 0 N–H and O–H groups in total. The molecule has 3 heteroatoms. The normalized spacial score (nSPS) is 12.7. The van der Waals surface area contributed by atoms with Gasteiger partial charge in [-0.25, -0.2) is 0 Å². The number of carbonyl (C=O) groups excluding carboxylic acids is 1. The van der Waals surface area contributed by atoms with Gasteiger partial charge in [-0.05, 0) is 68.2 Å². The number of carbonyl (C=O) groups is 1. The van der Waals surface area contributed by atoms with Gasteiger partial charge in [0.05, 0.1) is 7.11 Å². The Morgan fingerprint density at radius 2 is 1.77 bits per heavy atom. The number of ether oxygens (including phenoxy) is 1. The van der Waals surface area contributed by atoms with Gasteiger partial charge in [0.25, 0.3) is 0 Å². The standard InChI is InChI=1S/C23H33NO2/c1-6-18(12-13-24(7-2)17(3)4)14-23(25)21-9-8-20-16-22(26-5)11-10-19(20)15-21/h8-11,15-18H,6-7,12-14H2,1-5H3. The molecule has 2 aromatic rings. The van der Waals surface area contributed by atoms with E-state index >= 15 is 0 Å². The van der Waals surface area contributed by atoms with E-state index in [4.69, 9.17) is 4.74 Å². The Morgan fingerprint density at radius 1 is 1.08 bits per heavy atom. The number of hydrogen-bond donors (Lipinski definition) is 0. The molecule has 0 saturated carbocycles. The molecule has 0 aliphatic heterocycles. The van der Waals surface area contributed by atoms with E-state index in [0.29, 0.717) is 18.4 Å². The molecule has 1 atom stereocenters. The highest BCUT2D eigenvalue weighted by atomic mass is 16.5. The highest BCUT2D eigenvalue weighted by molar-refractivity contribution is 6.00. The van der Waals surface area contributed by atoms with Crippen LogP contribution in [0.1, 0.15) is 57.3 Å². The van der Waals surface area contributed by atoms with Crippen molar-refractivity contribution in [1.29, 1.82) is 0 Å². The number of nitrogens with zero attached hydrogens (tertiary/aromatic N) is 1. The van der Waals surface area contributed by atoms with Crippen molar-refractivity contribution >= 4 is 16.6 Å². The third-order valence-corrected chi connectivity index (χ3v) is 5.38. The maximum absolute atomic E-state index is 12.8. The van der Waals surface area contributed by atoms with Gasteiger partial charge in [0.1, 0.15) is 5.75 Å². The van der Waals surface area contributed by atoms with Crippen LogP contribution in [0, 0.1) is 5.92 Å². The fraction of sp³-hybridized carbons (Fsp3) is 0.522. The average molecular weight is 356 g/mol. The average Bonchev–Trinajstić information content (AvgIpc) is 2.66. The molecule has 1 unspecified atom stereocenters. The van der Waals surface area contributed by atoms with Crippen molar-refractivity contribution in [2.75, 3.05) is 20.2 Å². The van der Waals surface area contributed by atoms with Crippen LogP contribution in [-0.4, -0.2) is 36.9 Å². The first-order chi connectivity index (χ1) is 12.5. The van der Waals surface area contributed by atoms with Gasteiger partial charge >= 0.3 is 0 Å². The van der Waals surface area contributed by atoms with Crippen LogP contribution in [0.15, 0.2) is 36.4 Å².